The number of halogens is 3. The van der Waals surface area contributed by atoms with Crippen LogP contribution in [0.1, 0.15) is 0 Å². The Balaban J connectivity index is 2.49. The molecule has 17 heavy (non-hydrogen) atoms. The maximum atomic E-state index is 14.0. The summed E-state index contributed by atoms with van der Waals surface area (Å²) >= 11 is 6.48. The molecule has 0 aliphatic rings. The third-order valence-electron chi connectivity index (χ3n) is 2.44. The van der Waals surface area contributed by atoms with Crippen LogP contribution in [0.25, 0.3) is 11.1 Å². The van der Waals surface area contributed by atoms with Crippen LogP contribution in [0.3, 0.4) is 0 Å². The van der Waals surface area contributed by atoms with Crippen molar-refractivity contribution in [3.05, 3.63) is 51.2 Å². The molecule has 0 bridgehead atoms. The fourth-order valence-electron chi connectivity index (χ4n) is 1.52. The van der Waals surface area contributed by atoms with Crippen molar-refractivity contribution in [3.8, 4) is 16.9 Å². The van der Waals surface area contributed by atoms with E-state index in [0.29, 0.717) is 14.5 Å². The van der Waals surface area contributed by atoms with E-state index in [2.05, 4.69) is 31.9 Å². The topological polar surface area (TPSA) is 9.23 Å². The number of ether oxygens (including phenoxy) is 1. The second-order valence-corrected chi connectivity index (χ2v) is 5.10. The van der Waals surface area contributed by atoms with Crippen LogP contribution in [0.2, 0.25) is 0 Å². The molecule has 2 rings (SSSR count). The van der Waals surface area contributed by atoms with E-state index in [4.69, 9.17) is 4.74 Å². The summed E-state index contributed by atoms with van der Waals surface area (Å²) in [5.74, 6) is 0.481. The van der Waals surface area contributed by atoms with Gasteiger partial charge in [-0.15, -0.1) is 0 Å². The van der Waals surface area contributed by atoms with Gasteiger partial charge < -0.3 is 4.74 Å². The molecule has 0 aliphatic carbocycles. The normalized spacial score (nSPS) is 10.4. The van der Waals surface area contributed by atoms with E-state index in [1.807, 2.05) is 30.3 Å². The first-order valence-corrected chi connectivity index (χ1v) is 6.50. The highest BCUT2D eigenvalue weighted by Gasteiger charge is 2.11. The lowest BCUT2D eigenvalue weighted by atomic mass is 10.1. The molecule has 0 unspecified atom stereocenters. The Morgan fingerprint density at radius 2 is 1.65 bits per heavy atom. The van der Waals surface area contributed by atoms with Crippen LogP contribution in [-0.4, -0.2) is 7.11 Å². The lowest BCUT2D eigenvalue weighted by molar-refractivity contribution is 0.415. The fourth-order valence-corrected chi connectivity index (χ4v) is 2.17. The first kappa shape index (κ1) is 12.6. The summed E-state index contributed by atoms with van der Waals surface area (Å²) in [6.07, 6.45) is 0. The van der Waals surface area contributed by atoms with E-state index in [1.54, 1.807) is 13.2 Å². The molecule has 0 atom stereocenters. The van der Waals surface area contributed by atoms with Crippen molar-refractivity contribution < 1.29 is 9.13 Å². The van der Waals surface area contributed by atoms with E-state index in [1.165, 1.54) is 0 Å². The van der Waals surface area contributed by atoms with Crippen LogP contribution < -0.4 is 4.74 Å². The van der Waals surface area contributed by atoms with Gasteiger partial charge in [-0.3, -0.25) is 0 Å². The fraction of sp³-hybridized carbons (Fsp3) is 0.0769. The van der Waals surface area contributed by atoms with Gasteiger partial charge in [0.2, 0.25) is 0 Å². The summed E-state index contributed by atoms with van der Waals surface area (Å²) in [6, 6.07) is 10.8. The molecule has 1 nitrogen and oxygen atoms in total. The Morgan fingerprint density at radius 3 is 2.24 bits per heavy atom. The molecule has 88 valence electrons. The van der Waals surface area contributed by atoms with Gasteiger partial charge in [-0.2, -0.15) is 0 Å². The maximum absolute atomic E-state index is 14.0. The second-order valence-electron chi connectivity index (χ2n) is 3.45. The molecule has 0 saturated heterocycles. The summed E-state index contributed by atoms with van der Waals surface area (Å²) < 4.78 is 20.2. The molecule has 0 N–H and O–H groups in total. The maximum Gasteiger partial charge on any atom is 0.146 e. The highest BCUT2D eigenvalue weighted by atomic mass is 79.9. The number of benzene rings is 2. The van der Waals surface area contributed by atoms with E-state index in [0.717, 1.165) is 11.3 Å². The van der Waals surface area contributed by atoms with Crippen molar-refractivity contribution in [1.82, 2.24) is 0 Å². The van der Waals surface area contributed by atoms with Crippen molar-refractivity contribution in [3.63, 3.8) is 0 Å². The molecule has 0 heterocycles. The van der Waals surface area contributed by atoms with Crippen molar-refractivity contribution in [2.24, 2.45) is 0 Å². The zero-order chi connectivity index (χ0) is 12.4. The Kier molecular flexibility index (Phi) is 3.84. The summed E-state index contributed by atoms with van der Waals surface area (Å²) in [4.78, 5) is 0. The van der Waals surface area contributed by atoms with Crippen molar-refractivity contribution in [1.29, 1.82) is 0 Å². The lowest BCUT2D eigenvalue weighted by Gasteiger charge is -2.07. The Bertz CT molecular complexity index is 538. The van der Waals surface area contributed by atoms with Gasteiger partial charge in [0.1, 0.15) is 11.6 Å². The minimum absolute atomic E-state index is 0.274. The Morgan fingerprint density at radius 1 is 1.00 bits per heavy atom. The van der Waals surface area contributed by atoms with Gasteiger partial charge in [-0.05, 0) is 55.6 Å². The van der Waals surface area contributed by atoms with E-state index in [9.17, 15) is 4.39 Å². The third kappa shape index (κ3) is 2.53. The largest absolute Gasteiger partial charge is 0.497 e. The summed E-state index contributed by atoms with van der Waals surface area (Å²) in [5.41, 5.74) is 1.37. The zero-order valence-corrected chi connectivity index (χ0v) is 12.2. The second kappa shape index (κ2) is 5.19. The van der Waals surface area contributed by atoms with E-state index >= 15 is 0 Å². The summed E-state index contributed by atoms with van der Waals surface area (Å²) in [5, 5.41) is 0. The van der Waals surface area contributed by atoms with Crippen LogP contribution in [-0.2, 0) is 0 Å². The van der Waals surface area contributed by atoms with Gasteiger partial charge in [-0.1, -0.05) is 18.2 Å². The van der Waals surface area contributed by atoms with Gasteiger partial charge in [0.15, 0.2) is 0 Å². The van der Waals surface area contributed by atoms with Gasteiger partial charge >= 0.3 is 0 Å². The molecule has 0 fully saturated rings. The Labute approximate surface area is 116 Å². The summed E-state index contributed by atoms with van der Waals surface area (Å²) in [6.45, 7) is 0. The number of hydrogen-bond donors (Lipinski definition) is 0. The molecule has 0 spiro atoms. The average Bonchev–Trinajstić information content (AvgIpc) is 2.36. The van der Waals surface area contributed by atoms with Crippen molar-refractivity contribution in [2.45, 2.75) is 0 Å². The smallest absolute Gasteiger partial charge is 0.146 e. The average molecular weight is 360 g/mol. The molecular formula is C13H9Br2FO. The number of methoxy groups -OCH3 is 1. The Hall–Kier alpha value is -0.870. The SMILES string of the molecule is COc1ccc(-c2ccc(Br)c(Br)c2F)cc1. The highest BCUT2D eigenvalue weighted by molar-refractivity contribution is 9.13. The highest BCUT2D eigenvalue weighted by Crippen LogP contribution is 2.33. The molecule has 0 aliphatic heterocycles. The van der Waals surface area contributed by atoms with Gasteiger partial charge in [0.25, 0.3) is 0 Å². The van der Waals surface area contributed by atoms with Crippen molar-refractivity contribution in [2.75, 3.05) is 7.11 Å². The van der Waals surface area contributed by atoms with Crippen LogP contribution in [0, 0.1) is 5.82 Å². The van der Waals surface area contributed by atoms with Crippen LogP contribution >= 0.6 is 31.9 Å². The minimum atomic E-state index is -0.274. The number of rotatable bonds is 2. The standard InChI is InChI=1S/C13H9Br2FO/c1-17-9-4-2-8(3-5-9)10-6-7-11(14)12(15)13(10)16/h2-7H,1H3. The molecular weight excluding hydrogens is 351 g/mol. The quantitative estimate of drug-likeness (QED) is 0.683. The van der Waals surface area contributed by atoms with Gasteiger partial charge in [-0.25, -0.2) is 4.39 Å². The van der Waals surface area contributed by atoms with Crippen LogP contribution in [0.4, 0.5) is 4.39 Å². The molecule has 4 heteroatoms. The molecule has 0 saturated carbocycles. The van der Waals surface area contributed by atoms with Gasteiger partial charge in [0, 0.05) is 10.0 Å². The molecule has 2 aromatic rings. The first-order chi connectivity index (χ1) is 8.13. The predicted molar refractivity (Wildman–Crippen MR) is 73.8 cm³/mol. The molecule has 0 amide bonds. The predicted octanol–water partition coefficient (Wildman–Crippen LogP) is 5.03. The number of hydrogen-bond acceptors (Lipinski definition) is 1. The third-order valence-corrected chi connectivity index (χ3v) is 4.40. The van der Waals surface area contributed by atoms with Crippen molar-refractivity contribution >= 4 is 31.9 Å². The monoisotopic (exact) mass is 358 g/mol. The zero-order valence-electron chi connectivity index (χ0n) is 9.01. The molecule has 2 aromatic carbocycles. The minimum Gasteiger partial charge on any atom is -0.497 e. The van der Waals surface area contributed by atoms with E-state index < -0.39 is 0 Å². The lowest BCUT2D eigenvalue weighted by Crippen LogP contribution is -1.88. The van der Waals surface area contributed by atoms with Gasteiger partial charge in [0.05, 0.1) is 11.6 Å². The van der Waals surface area contributed by atoms with Crippen LogP contribution in [0.15, 0.2) is 45.3 Å². The van der Waals surface area contributed by atoms with Crippen LogP contribution in [0.5, 0.6) is 5.75 Å². The summed E-state index contributed by atoms with van der Waals surface area (Å²) in [7, 11) is 1.60. The van der Waals surface area contributed by atoms with E-state index in [-0.39, 0.29) is 5.82 Å². The molecule has 0 radical (unpaired) electrons. The first-order valence-electron chi connectivity index (χ1n) is 4.91. The molecule has 0 aromatic heterocycles.